The van der Waals surface area contributed by atoms with Crippen molar-refractivity contribution in [2.75, 3.05) is 13.1 Å². The first-order valence-electron chi connectivity index (χ1n) is 16.1. The molecule has 0 heterocycles. The van der Waals surface area contributed by atoms with Crippen LogP contribution < -0.4 is 31.8 Å². The molecule has 0 bridgehead atoms. The van der Waals surface area contributed by atoms with Crippen LogP contribution in [0.4, 0.5) is 0 Å². The second-order valence-electron chi connectivity index (χ2n) is 12.2. The molecular formula is C43H40N2P2. The molecule has 0 radical (unpaired) electrons. The van der Waals surface area contributed by atoms with Gasteiger partial charge < -0.3 is 0 Å². The van der Waals surface area contributed by atoms with Gasteiger partial charge in [0.1, 0.15) is 0 Å². The van der Waals surface area contributed by atoms with Gasteiger partial charge in [-0.3, -0.25) is 9.98 Å². The monoisotopic (exact) mass is 646 g/mol. The molecule has 0 amide bonds. The van der Waals surface area contributed by atoms with E-state index in [-0.39, 0.29) is 5.41 Å². The quantitative estimate of drug-likeness (QED) is 0.0960. The molecule has 0 spiro atoms. The zero-order valence-electron chi connectivity index (χ0n) is 27.0. The summed E-state index contributed by atoms with van der Waals surface area (Å²) in [4.78, 5) is 10.0. The number of aliphatic imine (C=N–C) groups is 2. The summed E-state index contributed by atoms with van der Waals surface area (Å²) in [5.41, 5.74) is 2.26. The van der Waals surface area contributed by atoms with E-state index in [1.54, 1.807) is 0 Å². The van der Waals surface area contributed by atoms with Gasteiger partial charge in [0.15, 0.2) is 0 Å². The van der Waals surface area contributed by atoms with E-state index in [2.05, 4.69) is 196 Å². The maximum Gasteiger partial charge on any atom is 0.0458 e. The Morgan fingerprint density at radius 2 is 0.681 bits per heavy atom. The molecule has 4 heteroatoms. The molecule has 0 saturated heterocycles. The summed E-state index contributed by atoms with van der Waals surface area (Å²) in [6.45, 7) is 5.88. The van der Waals surface area contributed by atoms with E-state index >= 15 is 0 Å². The van der Waals surface area contributed by atoms with Crippen LogP contribution >= 0.6 is 15.8 Å². The summed E-state index contributed by atoms with van der Waals surface area (Å²) in [6.07, 6.45) is 4.15. The summed E-state index contributed by atoms with van der Waals surface area (Å²) in [6, 6.07) is 60.8. The number of benzene rings is 6. The third-order valence-electron chi connectivity index (χ3n) is 7.91. The van der Waals surface area contributed by atoms with Crippen LogP contribution in [0.3, 0.4) is 0 Å². The number of nitrogens with zero attached hydrogens (tertiary/aromatic N) is 2. The molecule has 2 nitrogen and oxygen atoms in total. The fraction of sp³-hybridized carbons (Fsp3) is 0.116. The lowest BCUT2D eigenvalue weighted by molar-refractivity contribution is 0.396. The Morgan fingerprint density at radius 3 is 1.00 bits per heavy atom. The Kier molecular flexibility index (Phi) is 11.0. The Morgan fingerprint density at radius 1 is 0.404 bits per heavy atom. The lowest BCUT2D eigenvalue weighted by Gasteiger charge is -2.22. The van der Waals surface area contributed by atoms with E-state index < -0.39 is 15.8 Å². The normalized spacial score (nSPS) is 12.0. The SMILES string of the molecule is CC(C)(C/N=C/c1ccccc1P(c1ccccc1)c1ccccc1)C/N=C/c1ccccc1P(c1ccccc1)c1ccccc1. The van der Waals surface area contributed by atoms with Crippen molar-refractivity contribution in [3.63, 3.8) is 0 Å². The van der Waals surface area contributed by atoms with Crippen LogP contribution in [0.1, 0.15) is 25.0 Å². The predicted molar refractivity (Wildman–Crippen MR) is 209 cm³/mol. The van der Waals surface area contributed by atoms with Gasteiger partial charge in [-0.2, -0.15) is 0 Å². The number of rotatable bonds is 12. The molecule has 6 aromatic carbocycles. The summed E-state index contributed by atoms with van der Waals surface area (Å²) >= 11 is 0. The zero-order valence-corrected chi connectivity index (χ0v) is 28.8. The van der Waals surface area contributed by atoms with Crippen molar-refractivity contribution in [2.24, 2.45) is 15.4 Å². The van der Waals surface area contributed by atoms with E-state index in [0.29, 0.717) is 13.1 Å². The van der Waals surface area contributed by atoms with Crippen LogP contribution in [-0.2, 0) is 0 Å². The molecule has 0 N–H and O–H groups in total. The minimum absolute atomic E-state index is 0.0932. The van der Waals surface area contributed by atoms with Crippen molar-refractivity contribution in [3.05, 3.63) is 181 Å². The van der Waals surface area contributed by atoms with Crippen molar-refractivity contribution in [2.45, 2.75) is 13.8 Å². The van der Waals surface area contributed by atoms with Crippen LogP contribution in [0.5, 0.6) is 0 Å². The van der Waals surface area contributed by atoms with E-state index in [4.69, 9.17) is 9.98 Å². The van der Waals surface area contributed by atoms with Gasteiger partial charge in [-0.1, -0.05) is 184 Å². The maximum absolute atomic E-state index is 5.01. The second-order valence-corrected chi connectivity index (χ2v) is 16.6. The van der Waals surface area contributed by atoms with Crippen molar-refractivity contribution in [1.82, 2.24) is 0 Å². The van der Waals surface area contributed by atoms with Gasteiger partial charge in [0.05, 0.1) is 0 Å². The van der Waals surface area contributed by atoms with Crippen LogP contribution in [-0.4, -0.2) is 25.5 Å². The molecule has 0 atom stereocenters. The molecule has 0 unspecified atom stereocenters. The lowest BCUT2D eigenvalue weighted by Crippen LogP contribution is -2.24. The highest BCUT2D eigenvalue weighted by molar-refractivity contribution is 7.80. The lowest BCUT2D eigenvalue weighted by atomic mass is 9.94. The molecule has 6 aromatic rings. The van der Waals surface area contributed by atoms with Crippen molar-refractivity contribution in [1.29, 1.82) is 0 Å². The van der Waals surface area contributed by atoms with Gasteiger partial charge in [0.25, 0.3) is 0 Å². The van der Waals surface area contributed by atoms with Crippen molar-refractivity contribution >= 4 is 60.1 Å². The van der Waals surface area contributed by atoms with Gasteiger partial charge in [-0.25, -0.2) is 0 Å². The maximum atomic E-state index is 5.01. The molecule has 0 aliphatic carbocycles. The highest BCUT2D eigenvalue weighted by atomic mass is 31.1. The van der Waals surface area contributed by atoms with E-state index in [1.807, 2.05) is 0 Å². The molecule has 0 aliphatic rings. The molecule has 0 aliphatic heterocycles. The van der Waals surface area contributed by atoms with Crippen molar-refractivity contribution < 1.29 is 0 Å². The zero-order chi connectivity index (χ0) is 32.3. The number of hydrogen-bond donors (Lipinski definition) is 0. The topological polar surface area (TPSA) is 24.7 Å². The van der Waals surface area contributed by atoms with Gasteiger partial charge in [-0.15, -0.1) is 0 Å². The first kappa shape index (κ1) is 32.5. The molecule has 0 saturated carbocycles. The standard InChI is InChI=1S/C43H40N2P2/c1-43(2,33-44-31-35-19-15-17-29-41(35)46(37-21-7-3-8-22-37)38-23-9-4-10-24-38)34-45-32-36-20-16-18-30-42(36)47(39-25-11-5-12-26-39)40-27-13-6-14-28-40/h3-32H,33-34H2,1-2H3/b44-31+,45-32+. The molecule has 47 heavy (non-hydrogen) atoms. The third kappa shape index (κ3) is 8.47. The minimum atomic E-state index is -0.702. The minimum Gasteiger partial charge on any atom is -0.292 e. The molecule has 6 rings (SSSR count). The Bertz CT molecular complexity index is 1680. The highest BCUT2D eigenvalue weighted by Crippen LogP contribution is 2.35. The van der Waals surface area contributed by atoms with Gasteiger partial charge in [-0.05, 0) is 47.7 Å². The summed E-state index contributed by atoms with van der Waals surface area (Å²) in [5, 5.41) is 8.01. The van der Waals surface area contributed by atoms with E-state index in [9.17, 15) is 0 Å². The van der Waals surface area contributed by atoms with E-state index in [0.717, 1.165) is 0 Å². The molecule has 232 valence electrons. The summed E-state index contributed by atoms with van der Waals surface area (Å²) < 4.78 is 0. The summed E-state index contributed by atoms with van der Waals surface area (Å²) in [7, 11) is -1.40. The Labute approximate surface area is 282 Å². The third-order valence-corrected chi connectivity index (χ3v) is 12.9. The Balaban J connectivity index is 1.20. The predicted octanol–water partition coefficient (Wildman–Crippen LogP) is 7.77. The average Bonchev–Trinajstić information content (AvgIpc) is 3.12. The first-order chi connectivity index (χ1) is 23.1. The molecular weight excluding hydrogens is 606 g/mol. The largest absolute Gasteiger partial charge is 0.292 e. The smallest absolute Gasteiger partial charge is 0.0458 e. The fourth-order valence-electron chi connectivity index (χ4n) is 5.60. The fourth-order valence-corrected chi connectivity index (χ4v) is 10.4. The van der Waals surface area contributed by atoms with Crippen LogP contribution in [0, 0.1) is 5.41 Å². The van der Waals surface area contributed by atoms with Crippen LogP contribution in [0.25, 0.3) is 0 Å². The van der Waals surface area contributed by atoms with E-state index in [1.165, 1.54) is 43.0 Å². The van der Waals surface area contributed by atoms with Gasteiger partial charge in [0.2, 0.25) is 0 Å². The van der Waals surface area contributed by atoms with Gasteiger partial charge in [0, 0.05) is 42.1 Å². The Hall–Kier alpha value is -4.48. The van der Waals surface area contributed by atoms with Crippen LogP contribution in [0.15, 0.2) is 180 Å². The first-order valence-corrected chi connectivity index (χ1v) is 18.8. The molecule has 0 fully saturated rings. The van der Waals surface area contributed by atoms with Crippen molar-refractivity contribution in [3.8, 4) is 0 Å². The second kappa shape index (κ2) is 15.9. The molecule has 0 aromatic heterocycles. The summed E-state index contributed by atoms with van der Waals surface area (Å²) in [5.74, 6) is 0. The van der Waals surface area contributed by atoms with Gasteiger partial charge >= 0.3 is 0 Å². The number of hydrogen-bond acceptors (Lipinski definition) is 2. The average molecular weight is 647 g/mol. The van der Waals surface area contributed by atoms with Crippen LogP contribution in [0.2, 0.25) is 0 Å². The highest BCUT2D eigenvalue weighted by Gasteiger charge is 2.21.